The van der Waals surface area contributed by atoms with Crippen molar-refractivity contribution in [3.8, 4) is 0 Å². The molecule has 7 heteroatoms. The summed E-state index contributed by atoms with van der Waals surface area (Å²) in [5.74, 6) is 0. The molecule has 0 aromatic heterocycles. The second-order valence-corrected chi connectivity index (χ2v) is 3.22. The lowest BCUT2D eigenvalue weighted by Gasteiger charge is -2.05. The van der Waals surface area contributed by atoms with Gasteiger partial charge in [0.05, 0.1) is 10.4 Å². The van der Waals surface area contributed by atoms with Gasteiger partial charge in [-0.2, -0.15) is 0 Å². The second-order valence-electron chi connectivity index (χ2n) is 2.79. The maximum absolute atomic E-state index is 10.6. The molecule has 1 rings (SSSR count). The Morgan fingerprint density at radius 2 is 2.07 bits per heavy atom. The average Bonchev–Trinajstić information content (AvgIpc) is 2.01. The fourth-order valence-corrected chi connectivity index (χ4v) is 1.49. The SMILES string of the molecule is Cc1cc(Cl)cc([N+](=O)[O-])c1B(O)O. The summed E-state index contributed by atoms with van der Waals surface area (Å²) < 4.78 is 0. The highest BCUT2D eigenvalue weighted by molar-refractivity contribution is 6.61. The number of nitrogens with zero attached hydrogens (tertiary/aromatic N) is 1. The van der Waals surface area contributed by atoms with Crippen LogP contribution in [0, 0.1) is 17.0 Å². The highest BCUT2D eigenvalue weighted by atomic mass is 35.5. The number of hydrogen-bond acceptors (Lipinski definition) is 4. The van der Waals surface area contributed by atoms with Gasteiger partial charge >= 0.3 is 7.12 Å². The van der Waals surface area contributed by atoms with Crippen molar-refractivity contribution in [2.24, 2.45) is 0 Å². The van der Waals surface area contributed by atoms with Crippen molar-refractivity contribution in [1.82, 2.24) is 0 Å². The van der Waals surface area contributed by atoms with Gasteiger partial charge in [-0.05, 0) is 18.6 Å². The fraction of sp³-hybridized carbons (Fsp3) is 0.143. The summed E-state index contributed by atoms with van der Waals surface area (Å²) in [4.78, 5) is 9.85. The smallest absolute Gasteiger partial charge is 0.423 e. The molecular weight excluding hydrogens is 208 g/mol. The highest BCUT2D eigenvalue weighted by Crippen LogP contribution is 2.18. The van der Waals surface area contributed by atoms with Crippen LogP contribution in [0.5, 0.6) is 0 Å². The van der Waals surface area contributed by atoms with Crippen LogP contribution in [0.3, 0.4) is 0 Å². The monoisotopic (exact) mass is 215 g/mol. The van der Waals surface area contributed by atoms with Crippen LogP contribution in [-0.2, 0) is 0 Å². The highest BCUT2D eigenvalue weighted by Gasteiger charge is 2.26. The summed E-state index contributed by atoms with van der Waals surface area (Å²) in [6.45, 7) is 1.52. The number of hydrogen-bond donors (Lipinski definition) is 2. The van der Waals surface area contributed by atoms with Gasteiger partial charge in [-0.1, -0.05) is 11.6 Å². The maximum Gasteiger partial charge on any atom is 0.495 e. The van der Waals surface area contributed by atoms with Gasteiger partial charge in [0, 0.05) is 11.1 Å². The van der Waals surface area contributed by atoms with E-state index in [1.807, 2.05) is 0 Å². The zero-order chi connectivity index (χ0) is 10.9. The third-order valence-corrected chi connectivity index (χ3v) is 2.00. The zero-order valence-corrected chi connectivity index (χ0v) is 8.02. The van der Waals surface area contributed by atoms with Crippen molar-refractivity contribution in [3.63, 3.8) is 0 Å². The molecule has 1 aromatic rings. The minimum atomic E-state index is -1.87. The molecule has 5 nitrogen and oxygen atoms in total. The van der Waals surface area contributed by atoms with Crippen LogP contribution in [0.25, 0.3) is 0 Å². The minimum absolute atomic E-state index is 0.126. The van der Waals surface area contributed by atoms with Gasteiger partial charge in [-0.25, -0.2) is 0 Å². The van der Waals surface area contributed by atoms with Gasteiger partial charge in [0.25, 0.3) is 5.69 Å². The molecule has 1 aromatic carbocycles. The van der Waals surface area contributed by atoms with Gasteiger partial charge in [0.2, 0.25) is 0 Å². The van der Waals surface area contributed by atoms with Crippen LogP contribution >= 0.6 is 11.6 Å². The molecule has 0 radical (unpaired) electrons. The number of rotatable bonds is 2. The summed E-state index contributed by atoms with van der Waals surface area (Å²) in [5, 5.41) is 28.6. The van der Waals surface area contributed by atoms with E-state index in [2.05, 4.69) is 0 Å². The molecular formula is C7H7BClNO4. The predicted molar refractivity (Wildman–Crippen MR) is 52.7 cm³/mol. The Hall–Kier alpha value is -1.11. The molecule has 0 aliphatic rings. The number of aryl methyl sites for hydroxylation is 1. The molecule has 0 atom stereocenters. The first-order chi connectivity index (χ1) is 6.43. The fourth-order valence-electron chi connectivity index (χ4n) is 1.22. The van der Waals surface area contributed by atoms with E-state index >= 15 is 0 Å². The molecule has 74 valence electrons. The van der Waals surface area contributed by atoms with E-state index in [0.29, 0.717) is 5.56 Å². The van der Waals surface area contributed by atoms with Crippen molar-refractivity contribution in [2.45, 2.75) is 6.92 Å². The Bertz CT molecular complexity index is 382. The topological polar surface area (TPSA) is 83.6 Å². The molecule has 0 bridgehead atoms. The average molecular weight is 215 g/mol. The summed E-state index contributed by atoms with van der Waals surface area (Å²) >= 11 is 5.60. The first kappa shape index (κ1) is 11.0. The largest absolute Gasteiger partial charge is 0.495 e. The quantitative estimate of drug-likeness (QED) is 0.420. The molecule has 2 N–H and O–H groups in total. The van der Waals surface area contributed by atoms with Crippen molar-refractivity contribution in [2.75, 3.05) is 0 Å². The molecule has 0 aliphatic carbocycles. The van der Waals surface area contributed by atoms with Crippen molar-refractivity contribution < 1.29 is 15.0 Å². The standard InChI is InChI=1S/C7H7BClNO4/c1-4-2-5(9)3-6(10(13)14)7(4)8(11)12/h2-3,11-12H,1H3. The van der Waals surface area contributed by atoms with Gasteiger partial charge in [0.1, 0.15) is 0 Å². The molecule has 0 saturated carbocycles. The Balaban J connectivity index is 3.44. The van der Waals surface area contributed by atoms with Gasteiger partial charge in [0.15, 0.2) is 0 Å². The molecule has 14 heavy (non-hydrogen) atoms. The van der Waals surface area contributed by atoms with Crippen LogP contribution in [0.15, 0.2) is 12.1 Å². The summed E-state index contributed by atoms with van der Waals surface area (Å²) in [6.07, 6.45) is 0. The van der Waals surface area contributed by atoms with E-state index in [1.165, 1.54) is 13.0 Å². The molecule has 0 spiro atoms. The Labute approximate surface area is 85.2 Å². The summed E-state index contributed by atoms with van der Waals surface area (Å²) in [6, 6.07) is 2.52. The van der Waals surface area contributed by atoms with Gasteiger partial charge in [-0.15, -0.1) is 0 Å². The lowest BCUT2D eigenvalue weighted by molar-refractivity contribution is -0.383. The number of nitro groups is 1. The first-order valence-electron chi connectivity index (χ1n) is 3.74. The number of nitro benzene ring substituents is 1. The van der Waals surface area contributed by atoms with E-state index < -0.39 is 12.0 Å². The molecule has 0 heterocycles. The van der Waals surface area contributed by atoms with Crippen molar-refractivity contribution >= 4 is 29.9 Å². The van der Waals surface area contributed by atoms with E-state index in [4.69, 9.17) is 21.6 Å². The van der Waals surface area contributed by atoms with Crippen LogP contribution in [0.4, 0.5) is 5.69 Å². The molecule has 0 aliphatic heterocycles. The third-order valence-electron chi connectivity index (χ3n) is 1.78. The first-order valence-corrected chi connectivity index (χ1v) is 4.12. The predicted octanol–water partition coefficient (Wildman–Crippen LogP) is 0.236. The van der Waals surface area contributed by atoms with E-state index in [0.717, 1.165) is 6.07 Å². The van der Waals surface area contributed by atoms with Crippen LogP contribution in [-0.4, -0.2) is 22.1 Å². The summed E-state index contributed by atoms with van der Waals surface area (Å²) in [5.41, 5.74) is -0.136. The second kappa shape index (κ2) is 3.95. The lowest BCUT2D eigenvalue weighted by Crippen LogP contribution is -2.34. The maximum atomic E-state index is 10.6. The van der Waals surface area contributed by atoms with Gasteiger partial charge in [-0.3, -0.25) is 10.1 Å². The molecule has 0 saturated heterocycles. The Morgan fingerprint density at radius 3 is 2.50 bits per heavy atom. The number of benzene rings is 1. The lowest BCUT2D eigenvalue weighted by atomic mass is 9.76. The van der Waals surface area contributed by atoms with Gasteiger partial charge < -0.3 is 10.0 Å². The minimum Gasteiger partial charge on any atom is -0.423 e. The normalized spacial score (nSPS) is 10.0. The third kappa shape index (κ3) is 2.04. The van der Waals surface area contributed by atoms with E-state index in [9.17, 15) is 10.1 Å². The van der Waals surface area contributed by atoms with Crippen molar-refractivity contribution in [1.29, 1.82) is 0 Å². The molecule has 0 amide bonds. The number of halogens is 1. The molecule has 0 unspecified atom stereocenters. The Morgan fingerprint density at radius 1 is 1.50 bits per heavy atom. The summed E-state index contributed by atoms with van der Waals surface area (Å²) in [7, 11) is -1.87. The van der Waals surface area contributed by atoms with E-state index in [1.54, 1.807) is 0 Å². The van der Waals surface area contributed by atoms with Crippen LogP contribution in [0.1, 0.15) is 5.56 Å². The molecule has 0 fully saturated rings. The van der Waals surface area contributed by atoms with Crippen molar-refractivity contribution in [3.05, 3.63) is 32.8 Å². The zero-order valence-electron chi connectivity index (χ0n) is 7.27. The van der Waals surface area contributed by atoms with Crippen LogP contribution < -0.4 is 5.46 Å². The van der Waals surface area contributed by atoms with E-state index in [-0.39, 0.29) is 16.2 Å². The van der Waals surface area contributed by atoms with Crippen LogP contribution in [0.2, 0.25) is 5.02 Å². The Kier molecular flexibility index (Phi) is 3.10.